The summed E-state index contributed by atoms with van der Waals surface area (Å²) in [6, 6.07) is 22.9. The van der Waals surface area contributed by atoms with Crippen LogP contribution < -0.4 is 9.47 Å². The van der Waals surface area contributed by atoms with Crippen molar-refractivity contribution < 1.29 is 9.47 Å². The standard InChI is InChI=1S/C26H18N8O2/c1-3-7-19(8-4-1)11-13-21-15-24(36-18-26-29-33-34-30-26)22(14-12-20-9-5-2-6-10-20)16-23(21)35-17-25-27-31-32-28-25/h1-10,15-16H,17-18H2,(H,27,28,31,32)(H,29,30,33,34). The molecule has 0 fully saturated rings. The number of aromatic amines is 2. The van der Waals surface area contributed by atoms with Crippen LogP contribution in [0.2, 0.25) is 0 Å². The molecule has 3 aromatic carbocycles. The van der Waals surface area contributed by atoms with Crippen LogP contribution >= 0.6 is 0 Å². The Labute approximate surface area is 206 Å². The van der Waals surface area contributed by atoms with E-state index in [1.165, 1.54) is 0 Å². The Kier molecular flexibility index (Phi) is 6.88. The van der Waals surface area contributed by atoms with Crippen molar-refractivity contribution in [2.75, 3.05) is 0 Å². The molecule has 0 amide bonds. The molecule has 0 saturated heterocycles. The number of nitrogens with zero attached hydrogens (tertiary/aromatic N) is 6. The normalized spacial score (nSPS) is 10.0. The lowest BCUT2D eigenvalue weighted by Crippen LogP contribution is -2.03. The highest BCUT2D eigenvalue weighted by Gasteiger charge is 2.13. The molecule has 2 aromatic heterocycles. The van der Waals surface area contributed by atoms with Crippen LogP contribution in [-0.4, -0.2) is 41.2 Å². The summed E-state index contributed by atoms with van der Waals surface area (Å²) >= 11 is 0. The molecule has 0 atom stereocenters. The van der Waals surface area contributed by atoms with Crippen molar-refractivity contribution in [2.45, 2.75) is 13.2 Å². The summed E-state index contributed by atoms with van der Waals surface area (Å²) in [6.07, 6.45) is 0. The fraction of sp³-hybridized carbons (Fsp3) is 0.0769. The second-order valence-electron chi connectivity index (χ2n) is 7.31. The summed E-state index contributed by atoms with van der Waals surface area (Å²) in [5, 5.41) is 27.8. The minimum absolute atomic E-state index is 0.102. The summed E-state index contributed by atoms with van der Waals surface area (Å²) in [5.41, 5.74) is 2.94. The minimum Gasteiger partial charge on any atom is -0.484 e. The molecule has 5 aromatic rings. The molecule has 0 aliphatic rings. The van der Waals surface area contributed by atoms with Crippen molar-refractivity contribution in [1.29, 1.82) is 0 Å². The van der Waals surface area contributed by atoms with Crippen molar-refractivity contribution in [3.05, 3.63) is 107 Å². The lowest BCUT2D eigenvalue weighted by Gasteiger charge is -2.12. The average molecular weight is 474 g/mol. The van der Waals surface area contributed by atoms with E-state index in [0.717, 1.165) is 11.1 Å². The van der Waals surface area contributed by atoms with E-state index in [-0.39, 0.29) is 13.2 Å². The smallest absolute Gasteiger partial charge is 0.211 e. The average Bonchev–Trinajstić information content (AvgIpc) is 3.65. The van der Waals surface area contributed by atoms with Gasteiger partial charge in [0, 0.05) is 23.3 Å². The summed E-state index contributed by atoms with van der Waals surface area (Å²) in [5.74, 6) is 14.5. The predicted molar refractivity (Wildman–Crippen MR) is 128 cm³/mol. The third-order valence-electron chi connectivity index (χ3n) is 4.80. The first-order chi connectivity index (χ1) is 17.8. The molecule has 0 unspecified atom stereocenters. The fourth-order valence-electron chi connectivity index (χ4n) is 3.09. The van der Waals surface area contributed by atoms with Crippen LogP contribution in [0.1, 0.15) is 33.9 Å². The summed E-state index contributed by atoms with van der Waals surface area (Å²) in [7, 11) is 0. The monoisotopic (exact) mass is 474 g/mol. The fourth-order valence-corrected chi connectivity index (χ4v) is 3.09. The number of hydrogen-bond donors (Lipinski definition) is 2. The zero-order chi connectivity index (χ0) is 24.4. The van der Waals surface area contributed by atoms with Gasteiger partial charge in [-0.1, -0.05) is 70.5 Å². The van der Waals surface area contributed by atoms with Gasteiger partial charge in [-0.05, 0) is 24.3 Å². The van der Waals surface area contributed by atoms with Crippen molar-refractivity contribution in [1.82, 2.24) is 41.2 Å². The summed E-state index contributed by atoms with van der Waals surface area (Å²) < 4.78 is 12.0. The second-order valence-corrected chi connectivity index (χ2v) is 7.31. The van der Waals surface area contributed by atoms with Gasteiger partial charge in [-0.15, -0.1) is 20.4 Å². The van der Waals surface area contributed by atoms with E-state index in [1.807, 2.05) is 60.7 Å². The SMILES string of the molecule is C(#Cc1cc(OCc2nn[nH]n2)c(C#Cc2ccccc2)cc1OCc1nn[nH]n1)c1ccccc1. The van der Waals surface area contributed by atoms with Gasteiger partial charge in [0.1, 0.15) is 11.5 Å². The molecular formula is C26H18N8O2. The second kappa shape index (κ2) is 11.1. The van der Waals surface area contributed by atoms with Gasteiger partial charge in [-0.3, -0.25) is 0 Å². The van der Waals surface area contributed by atoms with E-state index < -0.39 is 0 Å². The lowest BCUT2D eigenvalue weighted by molar-refractivity contribution is 0.286. The number of benzene rings is 3. The number of aromatic nitrogens is 8. The number of ether oxygens (including phenoxy) is 2. The third-order valence-corrected chi connectivity index (χ3v) is 4.80. The first kappa shape index (κ1) is 22.3. The van der Waals surface area contributed by atoms with E-state index >= 15 is 0 Å². The van der Waals surface area contributed by atoms with Crippen LogP contribution in [0.15, 0.2) is 72.8 Å². The Hall–Kier alpha value is -5.48. The highest BCUT2D eigenvalue weighted by molar-refractivity contribution is 5.60. The molecule has 2 N–H and O–H groups in total. The zero-order valence-electron chi connectivity index (χ0n) is 18.8. The van der Waals surface area contributed by atoms with Crippen molar-refractivity contribution in [3.63, 3.8) is 0 Å². The van der Waals surface area contributed by atoms with E-state index in [9.17, 15) is 0 Å². The Morgan fingerprint density at radius 2 is 1.03 bits per heavy atom. The van der Waals surface area contributed by atoms with Crippen LogP contribution in [0, 0.1) is 23.7 Å². The first-order valence-electron chi connectivity index (χ1n) is 10.9. The van der Waals surface area contributed by atoms with Crippen LogP contribution in [-0.2, 0) is 13.2 Å². The molecule has 2 heterocycles. The van der Waals surface area contributed by atoms with E-state index in [2.05, 4.69) is 64.9 Å². The largest absolute Gasteiger partial charge is 0.484 e. The van der Waals surface area contributed by atoms with Crippen molar-refractivity contribution in [2.24, 2.45) is 0 Å². The molecular weight excluding hydrogens is 456 g/mol. The Morgan fingerprint density at radius 3 is 1.42 bits per heavy atom. The van der Waals surface area contributed by atoms with Crippen molar-refractivity contribution >= 4 is 0 Å². The highest BCUT2D eigenvalue weighted by Crippen LogP contribution is 2.29. The van der Waals surface area contributed by atoms with Crippen LogP contribution in [0.3, 0.4) is 0 Å². The van der Waals surface area contributed by atoms with Gasteiger partial charge < -0.3 is 9.47 Å². The quantitative estimate of drug-likeness (QED) is 0.360. The van der Waals surface area contributed by atoms with Gasteiger partial charge in [-0.2, -0.15) is 10.4 Å². The first-order valence-corrected chi connectivity index (χ1v) is 10.9. The Balaban J connectivity index is 1.54. The maximum atomic E-state index is 6.02. The van der Waals surface area contributed by atoms with E-state index in [0.29, 0.717) is 34.3 Å². The molecule has 5 rings (SSSR count). The van der Waals surface area contributed by atoms with Crippen LogP contribution in [0.4, 0.5) is 0 Å². The summed E-state index contributed by atoms with van der Waals surface area (Å²) in [4.78, 5) is 0. The molecule has 0 bridgehead atoms. The van der Waals surface area contributed by atoms with Gasteiger partial charge >= 0.3 is 0 Å². The molecule has 36 heavy (non-hydrogen) atoms. The van der Waals surface area contributed by atoms with Crippen LogP contribution in [0.5, 0.6) is 11.5 Å². The molecule has 10 heteroatoms. The molecule has 0 aliphatic carbocycles. The maximum Gasteiger partial charge on any atom is 0.211 e. The Morgan fingerprint density at radius 1 is 0.583 bits per heavy atom. The van der Waals surface area contributed by atoms with Gasteiger partial charge in [0.2, 0.25) is 11.6 Å². The summed E-state index contributed by atoms with van der Waals surface area (Å²) in [6.45, 7) is 0.205. The highest BCUT2D eigenvalue weighted by atomic mass is 16.5. The topological polar surface area (TPSA) is 127 Å². The van der Waals surface area contributed by atoms with Gasteiger partial charge in [0.25, 0.3) is 0 Å². The third kappa shape index (κ3) is 5.90. The molecule has 0 radical (unpaired) electrons. The lowest BCUT2D eigenvalue weighted by atomic mass is 10.1. The molecule has 0 spiro atoms. The number of hydrogen-bond acceptors (Lipinski definition) is 8. The number of tetrazole rings is 2. The van der Waals surface area contributed by atoms with E-state index in [1.54, 1.807) is 12.1 Å². The number of rotatable bonds is 6. The zero-order valence-corrected chi connectivity index (χ0v) is 18.8. The molecule has 174 valence electrons. The Bertz CT molecular complexity index is 1410. The maximum absolute atomic E-state index is 6.02. The van der Waals surface area contributed by atoms with E-state index in [4.69, 9.17) is 9.47 Å². The van der Waals surface area contributed by atoms with Crippen LogP contribution in [0.25, 0.3) is 0 Å². The van der Waals surface area contributed by atoms with Crippen molar-refractivity contribution in [3.8, 4) is 35.2 Å². The van der Waals surface area contributed by atoms with Gasteiger partial charge in [0.05, 0.1) is 11.1 Å². The number of nitrogens with one attached hydrogen (secondary N) is 2. The minimum atomic E-state index is 0.102. The molecule has 10 nitrogen and oxygen atoms in total. The molecule has 0 aliphatic heterocycles. The number of H-pyrrole nitrogens is 2. The van der Waals surface area contributed by atoms with Gasteiger partial charge in [-0.25, -0.2) is 0 Å². The predicted octanol–water partition coefficient (Wildman–Crippen LogP) is 2.67. The molecule has 0 saturated carbocycles. The van der Waals surface area contributed by atoms with Gasteiger partial charge in [0.15, 0.2) is 13.2 Å².